The average Bonchev–Trinajstić information content (AvgIpc) is 2.45. The summed E-state index contributed by atoms with van der Waals surface area (Å²) in [6.07, 6.45) is 9.61. The van der Waals surface area contributed by atoms with Gasteiger partial charge in [0.05, 0.1) is 0 Å². The SMILES string of the molecule is CCC1(CC)NC(=O)C(C)N(C2CCCCCCC2)C1=O. The third kappa shape index (κ3) is 3.09. The number of piperazine rings is 1. The molecule has 120 valence electrons. The fraction of sp³-hybridized carbons (Fsp3) is 0.882. The van der Waals surface area contributed by atoms with E-state index < -0.39 is 5.54 Å². The Bertz CT molecular complexity index is 382. The van der Waals surface area contributed by atoms with Crippen molar-refractivity contribution in [2.24, 2.45) is 0 Å². The first kappa shape index (κ1) is 16.3. The van der Waals surface area contributed by atoms with Gasteiger partial charge in [-0.3, -0.25) is 9.59 Å². The number of carbonyl (C=O) groups excluding carboxylic acids is 2. The van der Waals surface area contributed by atoms with Gasteiger partial charge >= 0.3 is 0 Å². The van der Waals surface area contributed by atoms with Gasteiger partial charge in [0.25, 0.3) is 0 Å². The van der Waals surface area contributed by atoms with E-state index in [0.717, 1.165) is 12.8 Å². The lowest BCUT2D eigenvalue weighted by molar-refractivity contribution is -0.158. The normalized spacial score (nSPS) is 28.0. The van der Waals surface area contributed by atoms with Crippen molar-refractivity contribution in [3.63, 3.8) is 0 Å². The summed E-state index contributed by atoms with van der Waals surface area (Å²) in [5.41, 5.74) is -0.675. The highest BCUT2D eigenvalue weighted by Crippen LogP contribution is 2.30. The molecule has 0 bridgehead atoms. The Morgan fingerprint density at radius 3 is 2.10 bits per heavy atom. The van der Waals surface area contributed by atoms with Gasteiger partial charge in [0.15, 0.2) is 0 Å². The molecule has 0 aromatic carbocycles. The maximum Gasteiger partial charge on any atom is 0.249 e. The van der Waals surface area contributed by atoms with Crippen LogP contribution in [0.25, 0.3) is 0 Å². The quantitative estimate of drug-likeness (QED) is 0.870. The highest BCUT2D eigenvalue weighted by atomic mass is 16.2. The molecule has 1 aliphatic heterocycles. The van der Waals surface area contributed by atoms with E-state index in [2.05, 4.69) is 5.32 Å². The number of rotatable bonds is 3. The van der Waals surface area contributed by atoms with Gasteiger partial charge in [0.1, 0.15) is 11.6 Å². The van der Waals surface area contributed by atoms with Crippen LogP contribution in [-0.2, 0) is 9.59 Å². The molecule has 2 rings (SSSR count). The molecule has 1 saturated carbocycles. The molecule has 0 spiro atoms. The molecule has 1 unspecified atom stereocenters. The lowest BCUT2D eigenvalue weighted by Gasteiger charge is -2.48. The lowest BCUT2D eigenvalue weighted by atomic mass is 9.85. The van der Waals surface area contributed by atoms with Crippen LogP contribution in [0.4, 0.5) is 0 Å². The molecule has 2 aliphatic rings. The lowest BCUT2D eigenvalue weighted by Crippen LogP contribution is -2.71. The van der Waals surface area contributed by atoms with Crippen molar-refractivity contribution in [1.29, 1.82) is 0 Å². The summed E-state index contributed by atoms with van der Waals surface area (Å²) in [7, 11) is 0. The van der Waals surface area contributed by atoms with E-state index in [1.54, 1.807) is 0 Å². The zero-order chi connectivity index (χ0) is 15.5. The standard InChI is InChI=1S/C17H30N2O2/c1-4-17(5-2)16(21)19(13(3)15(20)18-17)14-11-9-7-6-8-10-12-14/h13-14H,4-12H2,1-3H3,(H,18,20). The molecule has 4 heteroatoms. The molecule has 4 nitrogen and oxygen atoms in total. The topological polar surface area (TPSA) is 49.4 Å². The van der Waals surface area contributed by atoms with E-state index in [0.29, 0.717) is 12.8 Å². The van der Waals surface area contributed by atoms with E-state index in [-0.39, 0.29) is 23.9 Å². The van der Waals surface area contributed by atoms with Gasteiger partial charge in [-0.25, -0.2) is 0 Å². The van der Waals surface area contributed by atoms with E-state index in [9.17, 15) is 9.59 Å². The molecule has 1 saturated heterocycles. The van der Waals surface area contributed by atoms with E-state index in [1.165, 1.54) is 32.1 Å². The number of hydrogen-bond donors (Lipinski definition) is 1. The summed E-state index contributed by atoms with van der Waals surface area (Å²) in [5.74, 6) is 0.158. The van der Waals surface area contributed by atoms with Crippen LogP contribution in [0.1, 0.15) is 78.6 Å². The van der Waals surface area contributed by atoms with Gasteiger partial charge in [-0.1, -0.05) is 46.0 Å². The van der Waals surface area contributed by atoms with Gasteiger partial charge in [-0.05, 0) is 32.6 Å². The Morgan fingerprint density at radius 2 is 1.57 bits per heavy atom. The molecule has 2 amide bonds. The highest BCUT2D eigenvalue weighted by molar-refractivity contribution is 5.99. The Morgan fingerprint density at radius 1 is 1.05 bits per heavy atom. The van der Waals surface area contributed by atoms with Crippen molar-refractivity contribution in [3.8, 4) is 0 Å². The summed E-state index contributed by atoms with van der Waals surface area (Å²) >= 11 is 0. The Balaban J connectivity index is 2.24. The fourth-order valence-corrected chi connectivity index (χ4v) is 3.87. The van der Waals surface area contributed by atoms with Crippen molar-refractivity contribution >= 4 is 11.8 Å². The first-order chi connectivity index (χ1) is 10.1. The zero-order valence-corrected chi connectivity index (χ0v) is 13.8. The Hall–Kier alpha value is -1.06. The third-order valence-electron chi connectivity index (χ3n) is 5.48. The molecule has 0 aromatic rings. The molecule has 1 heterocycles. The molecule has 1 atom stereocenters. The van der Waals surface area contributed by atoms with E-state index in [4.69, 9.17) is 0 Å². The molecular formula is C17H30N2O2. The molecule has 0 aromatic heterocycles. The average molecular weight is 294 g/mol. The van der Waals surface area contributed by atoms with Crippen molar-refractivity contribution in [3.05, 3.63) is 0 Å². The van der Waals surface area contributed by atoms with Crippen LogP contribution in [0.15, 0.2) is 0 Å². The van der Waals surface area contributed by atoms with Gasteiger partial charge in [-0.15, -0.1) is 0 Å². The fourth-order valence-electron chi connectivity index (χ4n) is 3.87. The molecule has 21 heavy (non-hydrogen) atoms. The first-order valence-electron chi connectivity index (χ1n) is 8.70. The maximum atomic E-state index is 13.1. The van der Waals surface area contributed by atoms with Crippen LogP contribution < -0.4 is 5.32 Å². The Kier molecular flexibility index (Phi) is 5.28. The zero-order valence-electron chi connectivity index (χ0n) is 13.8. The second-order valence-corrected chi connectivity index (χ2v) is 6.67. The summed E-state index contributed by atoms with van der Waals surface area (Å²) < 4.78 is 0. The van der Waals surface area contributed by atoms with E-state index >= 15 is 0 Å². The second-order valence-electron chi connectivity index (χ2n) is 6.67. The summed E-state index contributed by atoms with van der Waals surface area (Å²) in [6.45, 7) is 5.86. The van der Waals surface area contributed by atoms with Crippen molar-refractivity contribution < 1.29 is 9.59 Å². The number of nitrogens with one attached hydrogen (secondary N) is 1. The van der Waals surface area contributed by atoms with Crippen molar-refractivity contribution in [1.82, 2.24) is 10.2 Å². The van der Waals surface area contributed by atoms with Crippen LogP contribution >= 0.6 is 0 Å². The Labute approximate surface area is 128 Å². The van der Waals surface area contributed by atoms with Gasteiger partial charge in [0.2, 0.25) is 11.8 Å². The summed E-state index contributed by atoms with van der Waals surface area (Å²) in [6, 6.07) is -0.0792. The van der Waals surface area contributed by atoms with Crippen LogP contribution in [-0.4, -0.2) is 34.3 Å². The van der Waals surface area contributed by atoms with Crippen LogP contribution in [0.5, 0.6) is 0 Å². The molecule has 0 radical (unpaired) electrons. The summed E-state index contributed by atoms with van der Waals surface area (Å²) in [5, 5.41) is 3.00. The number of hydrogen-bond acceptors (Lipinski definition) is 2. The molecular weight excluding hydrogens is 264 g/mol. The molecule has 2 fully saturated rings. The van der Waals surface area contributed by atoms with Crippen LogP contribution in [0.2, 0.25) is 0 Å². The first-order valence-corrected chi connectivity index (χ1v) is 8.70. The summed E-state index contributed by atoms with van der Waals surface area (Å²) in [4.78, 5) is 27.4. The van der Waals surface area contributed by atoms with Gasteiger partial charge in [-0.2, -0.15) is 0 Å². The minimum Gasteiger partial charge on any atom is -0.340 e. The van der Waals surface area contributed by atoms with Crippen LogP contribution in [0.3, 0.4) is 0 Å². The monoisotopic (exact) mass is 294 g/mol. The molecule has 1 N–H and O–H groups in total. The highest BCUT2D eigenvalue weighted by Gasteiger charge is 2.49. The maximum absolute atomic E-state index is 13.1. The van der Waals surface area contributed by atoms with Crippen LogP contribution in [0, 0.1) is 0 Å². The minimum absolute atomic E-state index is 0.0142. The largest absolute Gasteiger partial charge is 0.340 e. The smallest absolute Gasteiger partial charge is 0.249 e. The predicted octanol–water partition coefficient (Wildman–Crippen LogP) is 3.01. The van der Waals surface area contributed by atoms with Gasteiger partial charge < -0.3 is 10.2 Å². The van der Waals surface area contributed by atoms with E-state index in [1.807, 2.05) is 25.7 Å². The van der Waals surface area contributed by atoms with Gasteiger partial charge in [0, 0.05) is 6.04 Å². The minimum atomic E-state index is -0.675. The second kappa shape index (κ2) is 6.80. The molecule has 1 aliphatic carbocycles. The number of amides is 2. The van der Waals surface area contributed by atoms with Crippen molar-refractivity contribution in [2.75, 3.05) is 0 Å². The number of nitrogens with zero attached hydrogens (tertiary/aromatic N) is 1. The number of carbonyl (C=O) groups is 2. The predicted molar refractivity (Wildman–Crippen MR) is 83.9 cm³/mol. The van der Waals surface area contributed by atoms with Crippen molar-refractivity contribution in [2.45, 2.75) is 96.2 Å². The third-order valence-corrected chi connectivity index (χ3v) is 5.48.